The second-order valence-corrected chi connectivity index (χ2v) is 4.26. The van der Waals surface area contributed by atoms with E-state index in [2.05, 4.69) is 5.10 Å². The molecule has 1 heterocycles. The van der Waals surface area contributed by atoms with Crippen LogP contribution >= 0.6 is 11.6 Å². The van der Waals surface area contributed by atoms with Gasteiger partial charge in [0.2, 0.25) is 0 Å². The maximum absolute atomic E-state index is 11.9. The third-order valence-corrected chi connectivity index (χ3v) is 2.38. The third-order valence-electron chi connectivity index (χ3n) is 2.12. The number of hydrogen-bond acceptors (Lipinski definition) is 3. The van der Waals surface area contributed by atoms with Gasteiger partial charge in [0.25, 0.3) is 5.91 Å². The van der Waals surface area contributed by atoms with Crippen LogP contribution in [0.3, 0.4) is 0 Å². The molecular weight excluding hydrogens is 230 g/mol. The van der Waals surface area contributed by atoms with Gasteiger partial charge in [0.15, 0.2) is 0 Å². The molecule has 0 aliphatic heterocycles. The third kappa shape index (κ3) is 3.50. The summed E-state index contributed by atoms with van der Waals surface area (Å²) in [6.07, 6.45) is 3.22. The first-order chi connectivity index (χ1) is 7.54. The van der Waals surface area contributed by atoms with Crippen molar-refractivity contribution in [2.75, 3.05) is 27.3 Å². The standard InChI is InChI=1S/C10H16ClN3O2/c1-13(6-9(11)7-16-3)10(15)8-4-12-14(2)5-8/h4-5,9H,6-7H2,1-3H3. The second kappa shape index (κ2) is 5.86. The fourth-order valence-electron chi connectivity index (χ4n) is 1.37. The first-order valence-electron chi connectivity index (χ1n) is 4.91. The van der Waals surface area contributed by atoms with Crippen LogP contribution < -0.4 is 0 Å². The molecule has 5 nitrogen and oxygen atoms in total. The van der Waals surface area contributed by atoms with Crippen molar-refractivity contribution >= 4 is 17.5 Å². The van der Waals surface area contributed by atoms with Crippen LogP contribution in [0.4, 0.5) is 0 Å². The van der Waals surface area contributed by atoms with E-state index in [4.69, 9.17) is 16.3 Å². The number of methoxy groups -OCH3 is 1. The molecule has 0 aliphatic rings. The van der Waals surface area contributed by atoms with E-state index in [9.17, 15) is 4.79 Å². The SMILES string of the molecule is COCC(Cl)CN(C)C(=O)c1cnn(C)c1. The van der Waals surface area contributed by atoms with Crippen LogP contribution in [0.2, 0.25) is 0 Å². The van der Waals surface area contributed by atoms with Crippen LogP contribution in [-0.4, -0.2) is 53.3 Å². The zero-order valence-corrected chi connectivity index (χ0v) is 10.4. The minimum Gasteiger partial charge on any atom is -0.383 e. The Hall–Kier alpha value is -1.07. The predicted octanol–water partition coefficient (Wildman–Crippen LogP) is 0.746. The van der Waals surface area contributed by atoms with Crippen molar-refractivity contribution in [3.8, 4) is 0 Å². The summed E-state index contributed by atoms with van der Waals surface area (Å²) in [4.78, 5) is 13.4. The normalized spacial score (nSPS) is 12.5. The first-order valence-corrected chi connectivity index (χ1v) is 5.35. The lowest BCUT2D eigenvalue weighted by Gasteiger charge is -2.19. The Bertz CT molecular complexity index is 354. The van der Waals surface area contributed by atoms with Gasteiger partial charge in [-0.3, -0.25) is 9.48 Å². The summed E-state index contributed by atoms with van der Waals surface area (Å²) >= 11 is 5.97. The van der Waals surface area contributed by atoms with E-state index in [0.29, 0.717) is 18.7 Å². The summed E-state index contributed by atoms with van der Waals surface area (Å²) in [6, 6.07) is 0. The van der Waals surface area contributed by atoms with E-state index in [0.717, 1.165) is 0 Å². The fourth-order valence-corrected chi connectivity index (χ4v) is 1.70. The lowest BCUT2D eigenvalue weighted by molar-refractivity contribution is 0.0781. The molecule has 6 heteroatoms. The van der Waals surface area contributed by atoms with Crippen molar-refractivity contribution in [3.05, 3.63) is 18.0 Å². The number of nitrogens with zero attached hydrogens (tertiary/aromatic N) is 3. The van der Waals surface area contributed by atoms with E-state index >= 15 is 0 Å². The van der Waals surface area contributed by atoms with Gasteiger partial charge in [-0.25, -0.2) is 0 Å². The number of aryl methyl sites for hydroxylation is 1. The summed E-state index contributed by atoms with van der Waals surface area (Å²) in [6.45, 7) is 0.870. The lowest BCUT2D eigenvalue weighted by Crippen LogP contribution is -2.33. The Morgan fingerprint density at radius 2 is 2.44 bits per heavy atom. The molecule has 0 saturated heterocycles. The number of hydrogen-bond donors (Lipinski definition) is 0. The van der Waals surface area contributed by atoms with Crippen molar-refractivity contribution in [2.24, 2.45) is 7.05 Å². The number of carbonyl (C=O) groups is 1. The molecule has 0 spiro atoms. The molecule has 0 bridgehead atoms. The molecule has 0 aromatic carbocycles. The average molecular weight is 246 g/mol. The molecule has 1 aromatic heterocycles. The number of ether oxygens (including phenoxy) is 1. The molecule has 0 N–H and O–H groups in total. The monoisotopic (exact) mass is 245 g/mol. The average Bonchev–Trinajstić information content (AvgIpc) is 2.64. The summed E-state index contributed by atoms with van der Waals surface area (Å²) in [5.74, 6) is -0.0881. The van der Waals surface area contributed by atoms with E-state index < -0.39 is 0 Å². The van der Waals surface area contributed by atoms with Crippen LogP contribution in [0.15, 0.2) is 12.4 Å². The van der Waals surface area contributed by atoms with Crippen molar-refractivity contribution < 1.29 is 9.53 Å². The number of alkyl halides is 1. The second-order valence-electron chi connectivity index (χ2n) is 3.64. The zero-order valence-electron chi connectivity index (χ0n) is 9.68. The molecule has 0 radical (unpaired) electrons. The van der Waals surface area contributed by atoms with Crippen molar-refractivity contribution in [2.45, 2.75) is 5.38 Å². The molecule has 16 heavy (non-hydrogen) atoms. The predicted molar refractivity (Wildman–Crippen MR) is 61.7 cm³/mol. The van der Waals surface area contributed by atoms with Gasteiger partial charge in [0, 0.05) is 33.9 Å². The Labute approximate surface area is 99.9 Å². The van der Waals surface area contributed by atoms with E-state index in [-0.39, 0.29) is 11.3 Å². The lowest BCUT2D eigenvalue weighted by atomic mass is 10.3. The molecule has 0 aliphatic carbocycles. The summed E-state index contributed by atoms with van der Waals surface area (Å²) in [5.41, 5.74) is 0.561. The largest absolute Gasteiger partial charge is 0.383 e. The molecule has 1 atom stereocenters. The van der Waals surface area contributed by atoms with Gasteiger partial charge in [-0.15, -0.1) is 11.6 Å². The highest BCUT2D eigenvalue weighted by Crippen LogP contribution is 2.05. The number of amides is 1. The minimum atomic E-state index is -0.198. The van der Waals surface area contributed by atoms with Crippen LogP contribution in [0.25, 0.3) is 0 Å². The number of aromatic nitrogens is 2. The van der Waals surface area contributed by atoms with E-state index in [1.807, 2.05) is 0 Å². The van der Waals surface area contributed by atoms with Gasteiger partial charge in [-0.2, -0.15) is 5.10 Å². The summed E-state index contributed by atoms with van der Waals surface area (Å²) < 4.78 is 6.50. The molecule has 0 saturated carbocycles. The Balaban J connectivity index is 2.54. The highest BCUT2D eigenvalue weighted by Gasteiger charge is 2.16. The van der Waals surface area contributed by atoms with Gasteiger partial charge >= 0.3 is 0 Å². The van der Waals surface area contributed by atoms with Crippen LogP contribution in [0, 0.1) is 0 Å². The molecule has 1 amide bonds. The zero-order chi connectivity index (χ0) is 12.1. The van der Waals surface area contributed by atoms with Crippen LogP contribution in [0.5, 0.6) is 0 Å². The Kier molecular flexibility index (Phi) is 4.76. The van der Waals surface area contributed by atoms with E-state index in [1.165, 1.54) is 0 Å². The maximum Gasteiger partial charge on any atom is 0.256 e. The minimum absolute atomic E-state index is 0.0881. The summed E-state index contributed by atoms with van der Waals surface area (Å²) in [5, 5.41) is 3.75. The quantitative estimate of drug-likeness (QED) is 0.719. The van der Waals surface area contributed by atoms with Crippen molar-refractivity contribution in [1.29, 1.82) is 0 Å². The number of halogens is 1. The van der Waals surface area contributed by atoms with Gasteiger partial charge in [-0.1, -0.05) is 0 Å². The molecule has 1 rings (SSSR count). The molecule has 1 aromatic rings. The highest BCUT2D eigenvalue weighted by molar-refractivity contribution is 6.21. The Morgan fingerprint density at radius 3 is 2.94 bits per heavy atom. The highest BCUT2D eigenvalue weighted by atomic mass is 35.5. The maximum atomic E-state index is 11.9. The first kappa shape index (κ1) is 13.0. The van der Waals surface area contributed by atoms with Gasteiger partial charge in [0.05, 0.1) is 23.7 Å². The van der Waals surface area contributed by atoms with Gasteiger partial charge in [0.1, 0.15) is 0 Å². The number of rotatable bonds is 5. The molecule has 0 fully saturated rings. The fraction of sp³-hybridized carbons (Fsp3) is 0.600. The molecule has 1 unspecified atom stereocenters. The van der Waals surface area contributed by atoms with Crippen molar-refractivity contribution in [3.63, 3.8) is 0 Å². The smallest absolute Gasteiger partial charge is 0.256 e. The molecule has 90 valence electrons. The van der Waals surface area contributed by atoms with Gasteiger partial charge in [-0.05, 0) is 0 Å². The summed E-state index contributed by atoms with van der Waals surface area (Å²) in [7, 11) is 5.06. The van der Waals surface area contributed by atoms with E-state index in [1.54, 1.807) is 43.2 Å². The van der Waals surface area contributed by atoms with Crippen LogP contribution in [-0.2, 0) is 11.8 Å². The topological polar surface area (TPSA) is 47.4 Å². The molecular formula is C10H16ClN3O2. The Morgan fingerprint density at radius 1 is 1.75 bits per heavy atom. The van der Waals surface area contributed by atoms with Crippen LogP contribution in [0.1, 0.15) is 10.4 Å². The van der Waals surface area contributed by atoms with Gasteiger partial charge < -0.3 is 9.64 Å². The van der Waals surface area contributed by atoms with Crippen molar-refractivity contribution in [1.82, 2.24) is 14.7 Å². The number of carbonyl (C=O) groups excluding carboxylic acids is 1.